The molecule has 19 heavy (non-hydrogen) atoms. The highest BCUT2D eigenvalue weighted by atomic mass is 16.5. The maximum absolute atomic E-state index is 11.1. The molecular formula is C17H20O2. The van der Waals surface area contributed by atoms with Crippen LogP contribution in [0.4, 0.5) is 0 Å². The van der Waals surface area contributed by atoms with Crippen molar-refractivity contribution in [3.05, 3.63) is 48.0 Å². The summed E-state index contributed by atoms with van der Waals surface area (Å²) in [5.41, 5.74) is 0.948. The smallest absolute Gasteiger partial charge is 0.303 e. The maximum atomic E-state index is 11.1. The highest BCUT2D eigenvalue weighted by Crippen LogP contribution is 2.18. The summed E-state index contributed by atoms with van der Waals surface area (Å²) in [6.07, 6.45) is 6.39. The van der Waals surface area contributed by atoms with Gasteiger partial charge < -0.3 is 4.74 Å². The van der Waals surface area contributed by atoms with E-state index in [4.69, 9.17) is 4.74 Å². The molecule has 2 nitrogen and oxygen atoms in total. The molecular weight excluding hydrogens is 236 g/mol. The lowest BCUT2D eigenvalue weighted by atomic mass is 10.1. The summed E-state index contributed by atoms with van der Waals surface area (Å²) in [5.74, 6) is 5.75. The highest BCUT2D eigenvalue weighted by Gasteiger charge is 2.09. The van der Waals surface area contributed by atoms with E-state index in [0.717, 1.165) is 24.8 Å². The zero-order chi connectivity index (χ0) is 13.9. The Bertz CT molecular complexity index is 463. The topological polar surface area (TPSA) is 26.3 Å². The van der Waals surface area contributed by atoms with Crippen LogP contribution in [-0.2, 0) is 9.53 Å². The molecule has 100 valence electrons. The number of carbonyl (C=O) groups excluding carboxylic acids is 1. The first-order valence-electron chi connectivity index (χ1n) is 6.61. The van der Waals surface area contributed by atoms with Crippen molar-refractivity contribution in [2.45, 2.75) is 39.2 Å². The van der Waals surface area contributed by atoms with Crippen molar-refractivity contribution in [2.24, 2.45) is 0 Å². The molecule has 2 heteroatoms. The molecule has 0 saturated carbocycles. The molecule has 1 aromatic carbocycles. The van der Waals surface area contributed by atoms with Gasteiger partial charge in [0, 0.05) is 13.3 Å². The number of allylic oxidation sites excluding steroid dienone is 1. The van der Waals surface area contributed by atoms with Crippen LogP contribution < -0.4 is 0 Å². The van der Waals surface area contributed by atoms with Gasteiger partial charge in [-0.05, 0) is 24.1 Å². The molecule has 0 radical (unpaired) electrons. The summed E-state index contributed by atoms with van der Waals surface area (Å²) in [6.45, 7) is 3.56. The fraction of sp³-hybridized carbons (Fsp3) is 0.353. The molecule has 0 spiro atoms. The van der Waals surface area contributed by atoms with Crippen LogP contribution in [0, 0.1) is 11.8 Å². The minimum absolute atomic E-state index is 0.294. The van der Waals surface area contributed by atoms with Gasteiger partial charge in [0.15, 0.2) is 0 Å². The van der Waals surface area contributed by atoms with E-state index in [0.29, 0.717) is 0 Å². The van der Waals surface area contributed by atoms with Crippen molar-refractivity contribution in [3.63, 3.8) is 0 Å². The minimum Gasteiger partial charge on any atom is -0.453 e. The van der Waals surface area contributed by atoms with Gasteiger partial charge in [0.25, 0.3) is 0 Å². The Hall–Kier alpha value is -2.01. The second kappa shape index (κ2) is 8.99. The summed E-state index contributed by atoms with van der Waals surface area (Å²) in [4.78, 5) is 11.1. The van der Waals surface area contributed by atoms with E-state index in [1.807, 2.05) is 36.4 Å². The van der Waals surface area contributed by atoms with Crippen molar-refractivity contribution >= 4 is 5.97 Å². The molecule has 0 amide bonds. The van der Waals surface area contributed by atoms with Gasteiger partial charge in [0.05, 0.1) is 0 Å². The maximum Gasteiger partial charge on any atom is 0.303 e. The van der Waals surface area contributed by atoms with Gasteiger partial charge in [-0.25, -0.2) is 0 Å². The Morgan fingerprint density at radius 2 is 2.11 bits per heavy atom. The molecule has 1 atom stereocenters. The summed E-state index contributed by atoms with van der Waals surface area (Å²) in [7, 11) is 0. The molecule has 0 saturated heterocycles. The molecule has 0 heterocycles. The number of hydrogen-bond donors (Lipinski definition) is 0. The average Bonchev–Trinajstić information content (AvgIpc) is 2.42. The van der Waals surface area contributed by atoms with Gasteiger partial charge in [-0.3, -0.25) is 4.79 Å². The molecule has 1 aromatic rings. The van der Waals surface area contributed by atoms with E-state index in [2.05, 4.69) is 18.8 Å². The Labute approximate surface area is 115 Å². The molecule has 0 bridgehead atoms. The lowest BCUT2D eigenvalue weighted by Gasteiger charge is -2.12. The predicted molar refractivity (Wildman–Crippen MR) is 77.4 cm³/mol. The van der Waals surface area contributed by atoms with E-state index in [9.17, 15) is 4.79 Å². The van der Waals surface area contributed by atoms with Crippen molar-refractivity contribution in [3.8, 4) is 11.8 Å². The van der Waals surface area contributed by atoms with Crippen molar-refractivity contribution in [1.82, 2.24) is 0 Å². The summed E-state index contributed by atoms with van der Waals surface area (Å²) in [5, 5.41) is 0. The van der Waals surface area contributed by atoms with E-state index in [1.165, 1.54) is 6.92 Å². The fourth-order valence-corrected chi connectivity index (χ4v) is 1.57. The number of ether oxygens (including phenoxy) is 1. The highest BCUT2D eigenvalue weighted by molar-refractivity contribution is 5.66. The van der Waals surface area contributed by atoms with E-state index < -0.39 is 0 Å². The van der Waals surface area contributed by atoms with Crippen LogP contribution in [0.5, 0.6) is 0 Å². The molecule has 1 rings (SSSR count). The van der Waals surface area contributed by atoms with Crippen LogP contribution in [-0.4, -0.2) is 5.97 Å². The number of rotatable bonds is 5. The standard InChI is InChI=1S/C17H20O2/c1-3-4-5-6-7-11-14-17(19-15(2)18)16-12-9-8-10-13-16/h8-14,17H,3-5H2,1-2H3/b14-11+. The zero-order valence-corrected chi connectivity index (χ0v) is 11.6. The number of carbonyl (C=O) groups is 1. The Kier molecular flexibility index (Phi) is 7.12. The number of hydrogen-bond acceptors (Lipinski definition) is 2. The lowest BCUT2D eigenvalue weighted by molar-refractivity contribution is -0.144. The Morgan fingerprint density at radius 1 is 1.37 bits per heavy atom. The van der Waals surface area contributed by atoms with Gasteiger partial charge in [-0.15, -0.1) is 0 Å². The van der Waals surface area contributed by atoms with E-state index in [-0.39, 0.29) is 12.1 Å². The van der Waals surface area contributed by atoms with Gasteiger partial charge in [0.1, 0.15) is 6.10 Å². The molecule has 0 aliphatic carbocycles. The normalized spacial score (nSPS) is 11.7. The molecule has 0 aliphatic heterocycles. The third kappa shape index (κ3) is 6.47. The third-order valence-corrected chi connectivity index (χ3v) is 2.53. The van der Waals surface area contributed by atoms with Gasteiger partial charge in [0.2, 0.25) is 0 Å². The minimum atomic E-state index is -0.362. The molecule has 0 N–H and O–H groups in total. The van der Waals surface area contributed by atoms with Crippen LogP contribution in [0.1, 0.15) is 44.8 Å². The molecule has 0 aliphatic rings. The average molecular weight is 256 g/mol. The third-order valence-electron chi connectivity index (χ3n) is 2.53. The van der Waals surface area contributed by atoms with E-state index in [1.54, 1.807) is 6.08 Å². The summed E-state index contributed by atoms with van der Waals surface area (Å²) in [6, 6.07) is 9.65. The summed E-state index contributed by atoms with van der Waals surface area (Å²) < 4.78 is 5.27. The lowest BCUT2D eigenvalue weighted by Crippen LogP contribution is -2.05. The Balaban J connectivity index is 2.67. The molecule has 1 unspecified atom stereocenters. The van der Waals surface area contributed by atoms with Crippen molar-refractivity contribution < 1.29 is 9.53 Å². The van der Waals surface area contributed by atoms with Crippen molar-refractivity contribution in [1.29, 1.82) is 0 Å². The second-order valence-electron chi connectivity index (χ2n) is 4.22. The SMILES string of the molecule is CCCCC#C/C=C/C(OC(C)=O)c1ccccc1. The van der Waals surface area contributed by atoms with Crippen LogP contribution in [0.15, 0.2) is 42.5 Å². The first-order valence-corrected chi connectivity index (χ1v) is 6.61. The second-order valence-corrected chi connectivity index (χ2v) is 4.22. The first kappa shape index (κ1) is 15.0. The summed E-state index contributed by atoms with van der Waals surface area (Å²) >= 11 is 0. The van der Waals surface area contributed by atoms with Crippen LogP contribution in [0.3, 0.4) is 0 Å². The molecule has 0 aromatic heterocycles. The van der Waals surface area contributed by atoms with Crippen molar-refractivity contribution in [2.75, 3.05) is 0 Å². The van der Waals surface area contributed by atoms with Crippen LogP contribution in [0.25, 0.3) is 0 Å². The van der Waals surface area contributed by atoms with Gasteiger partial charge >= 0.3 is 5.97 Å². The first-order chi connectivity index (χ1) is 9.24. The van der Waals surface area contributed by atoms with E-state index >= 15 is 0 Å². The monoisotopic (exact) mass is 256 g/mol. The number of unbranched alkanes of at least 4 members (excludes halogenated alkanes) is 2. The zero-order valence-electron chi connectivity index (χ0n) is 11.6. The van der Waals surface area contributed by atoms with Gasteiger partial charge in [-0.1, -0.05) is 55.5 Å². The Morgan fingerprint density at radius 3 is 2.74 bits per heavy atom. The van der Waals surface area contributed by atoms with Crippen LogP contribution in [0.2, 0.25) is 0 Å². The predicted octanol–water partition coefficient (Wildman–Crippen LogP) is 4.04. The largest absolute Gasteiger partial charge is 0.453 e. The molecule has 0 fully saturated rings. The number of esters is 1. The van der Waals surface area contributed by atoms with Gasteiger partial charge in [-0.2, -0.15) is 0 Å². The fourth-order valence-electron chi connectivity index (χ4n) is 1.57. The quantitative estimate of drug-likeness (QED) is 0.451. The van der Waals surface area contributed by atoms with Crippen LogP contribution >= 0.6 is 0 Å². The number of benzene rings is 1.